The molecule has 0 saturated heterocycles. The summed E-state index contributed by atoms with van der Waals surface area (Å²) in [4.78, 5) is 0. The summed E-state index contributed by atoms with van der Waals surface area (Å²) in [6.07, 6.45) is 0.296. The summed E-state index contributed by atoms with van der Waals surface area (Å²) in [6.45, 7) is 3.73. The number of hydrogen-bond acceptors (Lipinski definition) is 1. The van der Waals surface area contributed by atoms with Gasteiger partial charge in [0.1, 0.15) is 0 Å². The van der Waals surface area contributed by atoms with Gasteiger partial charge in [-0.05, 0) is 31.4 Å². The van der Waals surface area contributed by atoms with Gasteiger partial charge in [-0.1, -0.05) is 29.8 Å². The van der Waals surface area contributed by atoms with E-state index in [1.165, 1.54) is 0 Å². The van der Waals surface area contributed by atoms with Crippen molar-refractivity contribution in [2.24, 2.45) is 0 Å². The van der Waals surface area contributed by atoms with Crippen LogP contribution in [0.5, 0.6) is 0 Å². The van der Waals surface area contributed by atoms with Gasteiger partial charge in [-0.2, -0.15) is 0 Å². The average Bonchev–Trinajstić information content (AvgIpc) is 1.98. The van der Waals surface area contributed by atoms with Crippen molar-refractivity contribution in [2.45, 2.75) is 26.4 Å². The van der Waals surface area contributed by atoms with E-state index < -0.39 is 0 Å². The van der Waals surface area contributed by atoms with E-state index >= 15 is 0 Å². The summed E-state index contributed by atoms with van der Waals surface area (Å²) in [5, 5.41) is 9.94. The van der Waals surface area contributed by atoms with E-state index in [1.54, 1.807) is 6.92 Å². The third-order valence-corrected chi connectivity index (χ3v) is 2.33. The van der Waals surface area contributed by atoms with Crippen LogP contribution in [0.3, 0.4) is 0 Å². The Bertz CT molecular complexity index is 269. The number of benzene rings is 1. The van der Waals surface area contributed by atoms with Gasteiger partial charge >= 0.3 is 0 Å². The second-order valence-electron chi connectivity index (χ2n) is 3.10. The highest BCUT2D eigenvalue weighted by molar-refractivity contribution is 6.32. The van der Waals surface area contributed by atoms with Crippen LogP contribution in [-0.4, -0.2) is 11.2 Å². The van der Waals surface area contributed by atoms with Crippen molar-refractivity contribution in [3.63, 3.8) is 0 Å². The van der Waals surface area contributed by atoms with Crippen molar-refractivity contribution in [3.05, 3.63) is 34.3 Å². The first-order valence-electron chi connectivity index (χ1n) is 4.03. The Morgan fingerprint density at radius 1 is 1.50 bits per heavy atom. The molecule has 1 N–H and O–H groups in total. The summed E-state index contributed by atoms with van der Waals surface area (Å²) in [5.74, 6) is 0. The van der Waals surface area contributed by atoms with Gasteiger partial charge in [-0.15, -0.1) is 0 Å². The molecule has 0 aromatic heterocycles. The zero-order chi connectivity index (χ0) is 9.14. The summed E-state index contributed by atoms with van der Waals surface area (Å²) in [6, 6.07) is 5.87. The molecule has 2 heteroatoms. The molecule has 1 aromatic rings. The van der Waals surface area contributed by atoms with Gasteiger partial charge in [0.25, 0.3) is 0 Å². The molecule has 0 amide bonds. The molecule has 1 rings (SSSR count). The zero-order valence-corrected chi connectivity index (χ0v) is 8.10. The molecule has 0 aliphatic carbocycles. The van der Waals surface area contributed by atoms with Gasteiger partial charge in [0, 0.05) is 5.02 Å². The van der Waals surface area contributed by atoms with Crippen molar-refractivity contribution < 1.29 is 5.11 Å². The van der Waals surface area contributed by atoms with Crippen molar-refractivity contribution in [1.82, 2.24) is 0 Å². The molecule has 66 valence electrons. The Hall–Kier alpha value is -0.530. The van der Waals surface area contributed by atoms with Crippen molar-refractivity contribution >= 4 is 11.6 Å². The van der Waals surface area contributed by atoms with E-state index in [0.29, 0.717) is 6.42 Å². The van der Waals surface area contributed by atoms with E-state index in [4.69, 9.17) is 16.7 Å². The lowest BCUT2D eigenvalue weighted by Gasteiger charge is -2.07. The van der Waals surface area contributed by atoms with Crippen LogP contribution in [0.4, 0.5) is 0 Å². The number of aliphatic hydroxyl groups is 1. The molecular formula is C10H13ClO. The molecule has 0 spiro atoms. The largest absolute Gasteiger partial charge is 0.393 e. The zero-order valence-electron chi connectivity index (χ0n) is 7.34. The molecule has 12 heavy (non-hydrogen) atoms. The third-order valence-electron chi connectivity index (χ3n) is 1.79. The standard InChI is InChI=1S/C10H13ClO/c1-7-4-3-5-9(10(7)11)6-8(2)12/h3-5,8,12H,6H2,1-2H3. The Balaban J connectivity index is 2.92. The van der Waals surface area contributed by atoms with Crippen LogP contribution in [0.25, 0.3) is 0 Å². The Morgan fingerprint density at radius 3 is 2.75 bits per heavy atom. The van der Waals surface area contributed by atoms with Crippen LogP contribution >= 0.6 is 11.6 Å². The quantitative estimate of drug-likeness (QED) is 0.749. The van der Waals surface area contributed by atoms with Crippen molar-refractivity contribution in [1.29, 1.82) is 0 Å². The Morgan fingerprint density at radius 2 is 2.17 bits per heavy atom. The summed E-state index contributed by atoms with van der Waals surface area (Å²) in [7, 11) is 0. The van der Waals surface area contributed by atoms with Crippen LogP contribution in [0.1, 0.15) is 18.1 Å². The first kappa shape index (κ1) is 9.56. The van der Waals surface area contributed by atoms with Gasteiger partial charge in [-0.3, -0.25) is 0 Å². The highest BCUT2D eigenvalue weighted by Crippen LogP contribution is 2.21. The van der Waals surface area contributed by atoms with Crippen LogP contribution in [-0.2, 0) is 6.42 Å². The van der Waals surface area contributed by atoms with Gasteiger partial charge in [0.05, 0.1) is 6.10 Å². The van der Waals surface area contributed by atoms with Gasteiger partial charge in [-0.25, -0.2) is 0 Å². The second kappa shape index (κ2) is 3.92. The van der Waals surface area contributed by atoms with E-state index in [2.05, 4.69) is 0 Å². The predicted molar refractivity (Wildman–Crippen MR) is 51.6 cm³/mol. The van der Waals surface area contributed by atoms with Crippen molar-refractivity contribution in [3.8, 4) is 0 Å². The minimum atomic E-state index is -0.329. The minimum Gasteiger partial charge on any atom is -0.393 e. The van der Waals surface area contributed by atoms with Gasteiger partial charge in [0.2, 0.25) is 0 Å². The van der Waals surface area contributed by atoms with Crippen LogP contribution in [0.2, 0.25) is 5.02 Å². The maximum absolute atomic E-state index is 9.16. The lowest BCUT2D eigenvalue weighted by molar-refractivity contribution is 0.195. The second-order valence-corrected chi connectivity index (χ2v) is 3.48. The van der Waals surface area contributed by atoms with E-state index in [9.17, 15) is 0 Å². The summed E-state index contributed by atoms with van der Waals surface area (Å²) in [5.41, 5.74) is 2.08. The summed E-state index contributed by atoms with van der Waals surface area (Å²) < 4.78 is 0. The Kier molecular flexibility index (Phi) is 3.12. The molecular weight excluding hydrogens is 172 g/mol. The molecule has 0 aliphatic heterocycles. The predicted octanol–water partition coefficient (Wildman–Crippen LogP) is 2.57. The number of aryl methyl sites for hydroxylation is 1. The first-order valence-corrected chi connectivity index (χ1v) is 4.41. The fourth-order valence-corrected chi connectivity index (χ4v) is 1.39. The van der Waals surface area contributed by atoms with Gasteiger partial charge < -0.3 is 5.11 Å². The SMILES string of the molecule is Cc1cccc(CC(C)O)c1Cl. The Labute approximate surface area is 78.0 Å². The number of aliphatic hydroxyl groups excluding tert-OH is 1. The minimum absolute atomic E-state index is 0.329. The maximum atomic E-state index is 9.16. The van der Waals surface area contributed by atoms with Crippen LogP contribution in [0, 0.1) is 6.92 Å². The molecule has 1 aromatic carbocycles. The first-order chi connectivity index (χ1) is 5.61. The number of hydrogen-bond donors (Lipinski definition) is 1. The maximum Gasteiger partial charge on any atom is 0.0552 e. The topological polar surface area (TPSA) is 20.2 Å². The lowest BCUT2D eigenvalue weighted by Crippen LogP contribution is -2.04. The van der Waals surface area contributed by atoms with E-state index in [1.807, 2.05) is 25.1 Å². The molecule has 0 heterocycles. The summed E-state index contributed by atoms with van der Waals surface area (Å²) >= 11 is 6.03. The fourth-order valence-electron chi connectivity index (χ4n) is 1.18. The van der Waals surface area contributed by atoms with Crippen LogP contribution < -0.4 is 0 Å². The molecule has 1 unspecified atom stereocenters. The molecule has 0 bridgehead atoms. The molecule has 0 radical (unpaired) electrons. The molecule has 0 aliphatic rings. The number of halogens is 1. The number of rotatable bonds is 2. The lowest BCUT2D eigenvalue weighted by atomic mass is 10.1. The molecule has 1 atom stereocenters. The fraction of sp³-hybridized carbons (Fsp3) is 0.400. The highest BCUT2D eigenvalue weighted by Gasteiger charge is 2.04. The van der Waals surface area contributed by atoms with Crippen LogP contribution in [0.15, 0.2) is 18.2 Å². The average molecular weight is 185 g/mol. The molecule has 0 fully saturated rings. The smallest absolute Gasteiger partial charge is 0.0552 e. The third kappa shape index (κ3) is 2.23. The van der Waals surface area contributed by atoms with Gasteiger partial charge in [0.15, 0.2) is 0 Å². The molecule has 0 saturated carbocycles. The monoisotopic (exact) mass is 184 g/mol. The van der Waals surface area contributed by atoms with Crippen molar-refractivity contribution in [2.75, 3.05) is 0 Å². The molecule has 1 nitrogen and oxygen atoms in total. The van der Waals surface area contributed by atoms with E-state index in [-0.39, 0.29) is 6.10 Å². The highest BCUT2D eigenvalue weighted by atomic mass is 35.5. The van der Waals surface area contributed by atoms with E-state index in [0.717, 1.165) is 16.1 Å². The normalized spacial score (nSPS) is 13.0.